The molecule has 0 unspecified atom stereocenters. The summed E-state index contributed by atoms with van der Waals surface area (Å²) in [6.45, 7) is 0. The third-order valence-corrected chi connectivity index (χ3v) is 2.44. The van der Waals surface area contributed by atoms with Gasteiger partial charge in [0.1, 0.15) is 23.2 Å². The van der Waals surface area contributed by atoms with Crippen molar-refractivity contribution in [1.29, 1.82) is 5.26 Å². The van der Waals surface area contributed by atoms with Crippen LogP contribution in [0.3, 0.4) is 0 Å². The molecule has 0 spiro atoms. The van der Waals surface area contributed by atoms with Crippen LogP contribution in [0.4, 0.5) is 10.1 Å². The molecule has 1 heterocycles. The van der Waals surface area contributed by atoms with Crippen LogP contribution >= 0.6 is 0 Å². The number of primary amides is 1. The van der Waals surface area contributed by atoms with E-state index in [2.05, 4.69) is 4.98 Å². The molecule has 0 radical (unpaired) electrons. The Hall–Kier alpha value is -3.14. The fourth-order valence-electron chi connectivity index (χ4n) is 1.55. The first kappa shape index (κ1) is 13.3. The van der Waals surface area contributed by atoms with Crippen LogP contribution in [-0.2, 0) is 0 Å². The number of nitriles is 1. The molecular weight excluding hydrogens is 263 g/mol. The summed E-state index contributed by atoms with van der Waals surface area (Å²) in [4.78, 5) is 15.1. The molecule has 0 aliphatic heterocycles. The van der Waals surface area contributed by atoms with Crippen molar-refractivity contribution in [2.24, 2.45) is 5.73 Å². The molecule has 100 valence electrons. The van der Waals surface area contributed by atoms with Gasteiger partial charge in [0.05, 0.1) is 11.3 Å². The lowest BCUT2D eigenvalue weighted by molar-refractivity contribution is 0.0994. The van der Waals surface area contributed by atoms with E-state index in [1.54, 1.807) is 0 Å². The van der Waals surface area contributed by atoms with Crippen molar-refractivity contribution in [3.63, 3.8) is 0 Å². The van der Waals surface area contributed by atoms with Crippen molar-refractivity contribution >= 4 is 11.6 Å². The zero-order valence-electron chi connectivity index (χ0n) is 10.1. The van der Waals surface area contributed by atoms with Gasteiger partial charge in [0, 0.05) is 6.20 Å². The molecule has 2 aromatic rings. The molecule has 4 N–H and O–H groups in total. The second-order valence-electron chi connectivity index (χ2n) is 3.81. The van der Waals surface area contributed by atoms with Crippen LogP contribution in [0.15, 0.2) is 30.5 Å². The quantitative estimate of drug-likeness (QED) is 0.879. The summed E-state index contributed by atoms with van der Waals surface area (Å²) in [7, 11) is 0. The summed E-state index contributed by atoms with van der Waals surface area (Å²) in [5.41, 5.74) is 10.7. The van der Waals surface area contributed by atoms with Gasteiger partial charge in [0.15, 0.2) is 0 Å². The second-order valence-corrected chi connectivity index (χ2v) is 3.81. The summed E-state index contributed by atoms with van der Waals surface area (Å²) in [6.07, 6.45) is 1.24. The van der Waals surface area contributed by atoms with Gasteiger partial charge in [0.25, 0.3) is 5.91 Å². The maximum atomic E-state index is 13.5. The van der Waals surface area contributed by atoms with Crippen molar-refractivity contribution in [2.45, 2.75) is 0 Å². The van der Waals surface area contributed by atoms with Gasteiger partial charge in [-0.05, 0) is 18.2 Å². The van der Waals surface area contributed by atoms with Crippen LogP contribution in [0.5, 0.6) is 11.6 Å². The summed E-state index contributed by atoms with van der Waals surface area (Å²) in [5, 5.41) is 8.70. The minimum absolute atomic E-state index is 0.0444. The Balaban J connectivity index is 2.43. The molecule has 1 aromatic carbocycles. The maximum Gasteiger partial charge on any atom is 0.255 e. The smallest absolute Gasteiger partial charge is 0.255 e. The molecule has 1 aromatic heterocycles. The predicted molar refractivity (Wildman–Crippen MR) is 68.4 cm³/mol. The van der Waals surface area contributed by atoms with Gasteiger partial charge in [-0.3, -0.25) is 4.79 Å². The van der Waals surface area contributed by atoms with Crippen molar-refractivity contribution in [3.8, 4) is 17.7 Å². The van der Waals surface area contributed by atoms with Crippen molar-refractivity contribution < 1.29 is 13.9 Å². The first-order chi connectivity index (χ1) is 9.52. The number of aromatic nitrogens is 1. The first-order valence-electron chi connectivity index (χ1n) is 5.44. The van der Waals surface area contributed by atoms with Gasteiger partial charge in [0.2, 0.25) is 5.88 Å². The van der Waals surface area contributed by atoms with E-state index in [-0.39, 0.29) is 22.9 Å². The molecule has 0 bridgehead atoms. The highest BCUT2D eigenvalue weighted by atomic mass is 19.1. The van der Waals surface area contributed by atoms with Crippen LogP contribution in [0, 0.1) is 17.1 Å². The van der Waals surface area contributed by atoms with Gasteiger partial charge >= 0.3 is 0 Å². The van der Waals surface area contributed by atoms with E-state index in [9.17, 15) is 9.18 Å². The number of ether oxygens (including phenoxy) is 1. The molecule has 2 rings (SSSR count). The number of hydrogen-bond donors (Lipinski definition) is 2. The van der Waals surface area contributed by atoms with Crippen LogP contribution in [0.1, 0.15) is 15.9 Å². The molecule has 7 heteroatoms. The molecule has 0 aliphatic rings. The average Bonchev–Trinajstić information content (AvgIpc) is 2.40. The standard InChI is InChI=1S/C13H9FN4O2/c14-8-2-1-3-10(11(8)12(17)19)20-13-9(16)4-7(5-15)6-18-13/h1-4,6H,16H2,(H2,17,19). The molecule has 1 amide bonds. The summed E-state index contributed by atoms with van der Waals surface area (Å²) < 4.78 is 18.8. The molecule has 0 fully saturated rings. The second kappa shape index (κ2) is 5.24. The Morgan fingerprint density at radius 3 is 2.80 bits per heavy atom. The van der Waals surface area contributed by atoms with E-state index in [4.69, 9.17) is 21.5 Å². The Bertz CT molecular complexity index is 725. The van der Waals surface area contributed by atoms with E-state index in [1.165, 1.54) is 24.4 Å². The fourth-order valence-corrected chi connectivity index (χ4v) is 1.55. The van der Waals surface area contributed by atoms with Gasteiger partial charge in [-0.25, -0.2) is 9.37 Å². The van der Waals surface area contributed by atoms with E-state index in [0.717, 1.165) is 6.07 Å². The van der Waals surface area contributed by atoms with Crippen molar-refractivity contribution in [1.82, 2.24) is 4.98 Å². The third-order valence-electron chi connectivity index (χ3n) is 2.44. The minimum atomic E-state index is -0.967. The number of hydrogen-bond acceptors (Lipinski definition) is 5. The minimum Gasteiger partial charge on any atom is -0.436 e. The molecular formula is C13H9FN4O2. The Kier molecular flexibility index (Phi) is 3.48. The number of nitrogen functional groups attached to an aromatic ring is 1. The maximum absolute atomic E-state index is 13.5. The topological polar surface area (TPSA) is 115 Å². The molecule has 0 saturated carbocycles. The summed E-state index contributed by atoms with van der Waals surface area (Å²) in [6, 6.07) is 7.03. The number of rotatable bonds is 3. The van der Waals surface area contributed by atoms with Crippen molar-refractivity contribution in [2.75, 3.05) is 5.73 Å². The van der Waals surface area contributed by atoms with Crippen LogP contribution in [-0.4, -0.2) is 10.9 Å². The number of nitrogens with zero attached hydrogens (tertiary/aromatic N) is 2. The fraction of sp³-hybridized carbons (Fsp3) is 0. The summed E-state index contributed by atoms with van der Waals surface area (Å²) in [5.74, 6) is -1.91. The number of benzene rings is 1. The van der Waals surface area contributed by atoms with Crippen LogP contribution in [0.2, 0.25) is 0 Å². The highest BCUT2D eigenvalue weighted by Gasteiger charge is 2.17. The number of carbonyl (C=O) groups excluding carboxylic acids is 1. The normalized spacial score (nSPS) is 9.80. The van der Waals surface area contributed by atoms with E-state index >= 15 is 0 Å². The molecule has 20 heavy (non-hydrogen) atoms. The Labute approximate surface area is 113 Å². The molecule has 0 atom stereocenters. The SMILES string of the molecule is N#Cc1cnc(Oc2cccc(F)c2C(N)=O)c(N)c1. The van der Waals surface area contributed by atoms with Gasteiger partial charge in [-0.1, -0.05) is 6.07 Å². The third kappa shape index (κ3) is 2.49. The lowest BCUT2D eigenvalue weighted by atomic mass is 10.2. The highest BCUT2D eigenvalue weighted by molar-refractivity contribution is 5.96. The first-order valence-corrected chi connectivity index (χ1v) is 5.44. The van der Waals surface area contributed by atoms with Gasteiger partial charge < -0.3 is 16.2 Å². The monoisotopic (exact) mass is 272 g/mol. The highest BCUT2D eigenvalue weighted by Crippen LogP contribution is 2.29. The number of pyridine rings is 1. The predicted octanol–water partition coefficient (Wildman–Crippen LogP) is 1.57. The number of nitrogens with two attached hydrogens (primary N) is 2. The van der Waals surface area contributed by atoms with E-state index in [1.807, 2.05) is 6.07 Å². The lowest BCUT2D eigenvalue weighted by Gasteiger charge is -2.10. The number of anilines is 1. The van der Waals surface area contributed by atoms with E-state index < -0.39 is 17.3 Å². The molecule has 0 aliphatic carbocycles. The average molecular weight is 272 g/mol. The molecule has 0 saturated heterocycles. The van der Waals surface area contributed by atoms with E-state index in [0.29, 0.717) is 0 Å². The number of amides is 1. The molecule has 6 nitrogen and oxygen atoms in total. The number of halogens is 1. The Morgan fingerprint density at radius 2 is 2.20 bits per heavy atom. The number of carbonyl (C=O) groups is 1. The zero-order chi connectivity index (χ0) is 14.7. The summed E-state index contributed by atoms with van der Waals surface area (Å²) >= 11 is 0. The Morgan fingerprint density at radius 1 is 1.45 bits per heavy atom. The van der Waals surface area contributed by atoms with Crippen LogP contribution < -0.4 is 16.2 Å². The van der Waals surface area contributed by atoms with Crippen LogP contribution in [0.25, 0.3) is 0 Å². The lowest BCUT2D eigenvalue weighted by Crippen LogP contribution is -2.14. The van der Waals surface area contributed by atoms with Crippen molar-refractivity contribution in [3.05, 3.63) is 47.4 Å². The van der Waals surface area contributed by atoms with Gasteiger partial charge in [-0.2, -0.15) is 5.26 Å². The van der Waals surface area contributed by atoms with Gasteiger partial charge in [-0.15, -0.1) is 0 Å². The zero-order valence-corrected chi connectivity index (χ0v) is 10.1. The largest absolute Gasteiger partial charge is 0.436 e.